The molecule has 2 rings (SSSR count). The van der Waals surface area contributed by atoms with E-state index in [0.717, 1.165) is 41.9 Å². The number of hydrogen-bond acceptors (Lipinski definition) is 3. The van der Waals surface area contributed by atoms with Crippen LogP contribution in [-0.2, 0) is 11.2 Å². The maximum atomic E-state index is 11.5. The maximum Gasteiger partial charge on any atom is 0.224 e. The summed E-state index contributed by atoms with van der Waals surface area (Å²) < 4.78 is 0. The zero-order chi connectivity index (χ0) is 14.7. The molecule has 1 heterocycles. The number of carbonyl (C=O) groups is 1. The van der Waals surface area contributed by atoms with Gasteiger partial charge in [-0.3, -0.25) is 4.79 Å². The highest BCUT2D eigenvalue weighted by Crippen LogP contribution is 2.32. The summed E-state index contributed by atoms with van der Waals surface area (Å²) >= 11 is 0. The first kappa shape index (κ1) is 14.7. The minimum absolute atomic E-state index is 0.0845. The first-order valence-corrected chi connectivity index (χ1v) is 7.53. The van der Waals surface area contributed by atoms with Gasteiger partial charge in [0.05, 0.1) is 11.4 Å². The van der Waals surface area contributed by atoms with Crippen LogP contribution in [-0.4, -0.2) is 11.9 Å². The maximum absolute atomic E-state index is 11.5. The summed E-state index contributed by atoms with van der Waals surface area (Å²) in [7, 11) is 0. The van der Waals surface area contributed by atoms with Gasteiger partial charge >= 0.3 is 0 Å². The highest BCUT2D eigenvalue weighted by Gasteiger charge is 2.19. The summed E-state index contributed by atoms with van der Waals surface area (Å²) in [6, 6.07) is 4.32. The zero-order valence-electron chi connectivity index (χ0n) is 12.6. The van der Waals surface area contributed by atoms with Crippen molar-refractivity contribution in [1.29, 1.82) is 0 Å². The van der Waals surface area contributed by atoms with E-state index in [1.807, 2.05) is 12.1 Å². The molecule has 1 aromatic carbocycles. The summed E-state index contributed by atoms with van der Waals surface area (Å²) in [5, 5.41) is 6.42. The number of nitrogens with one attached hydrogen (secondary N) is 2. The van der Waals surface area contributed by atoms with E-state index >= 15 is 0 Å². The van der Waals surface area contributed by atoms with Crippen molar-refractivity contribution in [2.24, 2.45) is 5.92 Å². The Morgan fingerprint density at radius 1 is 1.30 bits per heavy atom. The van der Waals surface area contributed by atoms with Crippen LogP contribution in [0.25, 0.3) is 0 Å². The van der Waals surface area contributed by atoms with Gasteiger partial charge < -0.3 is 16.4 Å². The van der Waals surface area contributed by atoms with Crippen LogP contribution in [0.5, 0.6) is 0 Å². The lowest BCUT2D eigenvalue weighted by Gasteiger charge is -2.26. The van der Waals surface area contributed by atoms with Crippen LogP contribution in [0.3, 0.4) is 0 Å². The Morgan fingerprint density at radius 2 is 2.00 bits per heavy atom. The second-order valence-corrected chi connectivity index (χ2v) is 5.65. The molecule has 0 aliphatic carbocycles. The average molecular weight is 275 g/mol. The minimum Gasteiger partial charge on any atom is -0.397 e. The van der Waals surface area contributed by atoms with E-state index in [2.05, 4.69) is 31.4 Å². The molecular weight excluding hydrogens is 250 g/mol. The largest absolute Gasteiger partial charge is 0.397 e. The summed E-state index contributed by atoms with van der Waals surface area (Å²) in [5.74, 6) is 0.710. The summed E-state index contributed by atoms with van der Waals surface area (Å²) in [5.41, 5.74) is 9.84. The zero-order valence-corrected chi connectivity index (χ0v) is 12.6. The molecule has 0 saturated heterocycles. The van der Waals surface area contributed by atoms with Gasteiger partial charge in [-0.25, -0.2) is 0 Å². The molecule has 4 heteroatoms. The lowest BCUT2D eigenvalue weighted by Crippen LogP contribution is -2.26. The first-order chi connectivity index (χ1) is 9.55. The lowest BCUT2D eigenvalue weighted by molar-refractivity contribution is -0.116. The van der Waals surface area contributed by atoms with Crippen LogP contribution in [0, 0.1) is 5.92 Å². The molecule has 1 unspecified atom stereocenters. The van der Waals surface area contributed by atoms with Gasteiger partial charge in [0.2, 0.25) is 5.91 Å². The van der Waals surface area contributed by atoms with Crippen molar-refractivity contribution in [3.63, 3.8) is 0 Å². The van der Waals surface area contributed by atoms with E-state index in [9.17, 15) is 4.79 Å². The number of benzene rings is 1. The molecule has 4 N–H and O–H groups in total. The number of amides is 1. The molecule has 20 heavy (non-hydrogen) atoms. The van der Waals surface area contributed by atoms with Crippen molar-refractivity contribution in [2.45, 2.75) is 52.5 Å². The summed E-state index contributed by atoms with van der Waals surface area (Å²) in [6.07, 6.45) is 3.61. The number of fused-ring (bicyclic) bond motifs is 1. The number of nitrogens with two attached hydrogens (primary N) is 1. The van der Waals surface area contributed by atoms with Crippen molar-refractivity contribution in [3.05, 3.63) is 17.7 Å². The standard InChI is InChI=1S/C16H25N3O/c1-4-11(5-2)10(3)18-15-9-14-12(8-13(15)17)6-7-16(20)19-14/h8-11,18H,4-7,17H2,1-3H3,(H,19,20). The fraction of sp³-hybridized carbons (Fsp3) is 0.562. The molecule has 0 spiro atoms. The monoisotopic (exact) mass is 275 g/mol. The molecule has 1 atom stereocenters. The van der Waals surface area contributed by atoms with E-state index in [1.165, 1.54) is 0 Å². The Bertz CT molecular complexity index is 495. The fourth-order valence-corrected chi connectivity index (χ4v) is 2.93. The van der Waals surface area contributed by atoms with Crippen LogP contribution in [0.2, 0.25) is 0 Å². The quantitative estimate of drug-likeness (QED) is 0.722. The van der Waals surface area contributed by atoms with E-state index < -0.39 is 0 Å². The van der Waals surface area contributed by atoms with Gasteiger partial charge in [0, 0.05) is 18.2 Å². The Morgan fingerprint density at radius 3 is 2.65 bits per heavy atom. The number of aryl methyl sites for hydroxylation is 1. The SMILES string of the molecule is CCC(CC)C(C)Nc1cc2c(cc1N)CCC(=O)N2. The fourth-order valence-electron chi connectivity index (χ4n) is 2.93. The topological polar surface area (TPSA) is 67.1 Å². The van der Waals surface area contributed by atoms with E-state index in [-0.39, 0.29) is 5.91 Å². The Balaban J connectivity index is 2.20. The van der Waals surface area contributed by atoms with Gasteiger partial charge in [-0.1, -0.05) is 26.7 Å². The minimum atomic E-state index is 0.0845. The number of carbonyl (C=O) groups excluding carboxylic acids is 1. The summed E-state index contributed by atoms with van der Waals surface area (Å²) in [4.78, 5) is 11.5. The van der Waals surface area contributed by atoms with Crippen molar-refractivity contribution in [1.82, 2.24) is 0 Å². The van der Waals surface area contributed by atoms with Gasteiger partial charge in [-0.15, -0.1) is 0 Å². The van der Waals surface area contributed by atoms with Crippen LogP contribution in [0.1, 0.15) is 45.6 Å². The van der Waals surface area contributed by atoms with Crippen LogP contribution < -0.4 is 16.4 Å². The normalized spacial score (nSPS) is 15.7. The third-order valence-electron chi connectivity index (χ3n) is 4.31. The Kier molecular flexibility index (Phi) is 4.53. The number of hydrogen-bond donors (Lipinski definition) is 3. The molecule has 1 aromatic rings. The molecule has 1 aliphatic heterocycles. The molecule has 0 fully saturated rings. The van der Waals surface area contributed by atoms with Crippen LogP contribution >= 0.6 is 0 Å². The third kappa shape index (κ3) is 3.06. The predicted octanol–water partition coefficient (Wildman–Crippen LogP) is 3.39. The number of nitrogen functional groups attached to an aromatic ring is 1. The van der Waals surface area contributed by atoms with Crippen molar-refractivity contribution in [2.75, 3.05) is 16.4 Å². The van der Waals surface area contributed by atoms with Crippen molar-refractivity contribution >= 4 is 23.0 Å². The lowest BCUT2D eigenvalue weighted by atomic mass is 9.95. The van der Waals surface area contributed by atoms with E-state index in [4.69, 9.17) is 5.73 Å². The molecule has 0 saturated carbocycles. The second kappa shape index (κ2) is 6.16. The smallest absolute Gasteiger partial charge is 0.224 e. The van der Waals surface area contributed by atoms with Gasteiger partial charge in [-0.05, 0) is 37.0 Å². The number of rotatable bonds is 5. The Labute approximate surface area is 121 Å². The van der Waals surface area contributed by atoms with Crippen molar-refractivity contribution < 1.29 is 4.79 Å². The average Bonchev–Trinajstić information content (AvgIpc) is 2.41. The van der Waals surface area contributed by atoms with Gasteiger partial charge in [0.15, 0.2) is 0 Å². The van der Waals surface area contributed by atoms with Gasteiger partial charge in [0.25, 0.3) is 0 Å². The summed E-state index contributed by atoms with van der Waals surface area (Å²) in [6.45, 7) is 6.61. The molecule has 1 aliphatic rings. The second-order valence-electron chi connectivity index (χ2n) is 5.65. The molecule has 110 valence electrons. The first-order valence-electron chi connectivity index (χ1n) is 7.53. The number of anilines is 3. The highest BCUT2D eigenvalue weighted by molar-refractivity contribution is 5.95. The van der Waals surface area contributed by atoms with E-state index in [1.54, 1.807) is 0 Å². The van der Waals surface area contributed by atoms with Gasteiger partial charge in [-0.2, -0.15) is 0 Å². The van der Waals surface area contributed by atoms with Crippen molar-refractivity contribution in [3.8, 4) is 0 Å². The third-order valence-corrected chi connectivity index (χ3v) is 4.31. The molecule has 0 radical (unpaired) electrons. The predicted molar refractivity (Wildman–Crippen MR) is 85.0 cm³/mol. The molecule has 4 nitrogen and oxygen atoms in total. The molecular formula is C16H25N3O. The highest BCUT2D eigenvalue weighted by atomic mass is 16.1. The molecule has 0 bridgehead atoms. The molecule has 1 amide bonds. The van der Waals surface area contributed by atoms with Gasteiger partial charge in [0.1, 0.15) is 0 Å². The van der Waals surface area contributed by atoms with Crippen LogP contribution in [0.15, 0.2) is 12.1 Å². The van der Waals surface area contributed by atoms with Crippen LogP contribution in [0.4, 0.5) is 17.1 Å². The van der Waals surface area contributed by atoms with E-state index in [0.29, 0.717) is 18.4 Å². The molecule has 0 aromatic heterocycles. The Hall–Kier alpha value is -1.71.